The summed E-state index contributed by atoms with van der Waals surface area (Å²) in [6, 6.07) is 12.4. The van der Waals surface area contributed by atoms with Gasteiger partial charge in [-0.2, -0.15) is 10.2 Å². The molecule has 1 aliphatic rings. The standard InChI is InChI=1S/C14H13ClN6O.C13H17F2NO/c1-20-8-9(7-17-20)12-11(15)13(18-14(16)22)21(19-12)10-5-3-2-4-6-10;1-17-5-4-16-3-2-10(9-16)11-6-12(14)8-13(15)7-11/h2-8H,1H3,(H3,16,18,22);6-8,10H,2-5,9H2,1H3. The van der Waals surface area contributed by atoms with E-state index in [4.69, 9.17) is 22.1 Å². The Balaban J connectivity index is 0.000000187. The van der Waals surface area contributed by atoms with Gasteiger partial charge in [-0.3, -0.25) is 10.00 Å². The number of nitrogens with zero attached hydrogens (tertiary/aromatic N) is 5. The summed E-state index contributed by atoms with van der Waals surface area (Å²) in [6.07, 6.45) is 4.39. The van der Waals surface area contributed by atoms with Crippen LogP contribution in [-0.2, 0) is 11.8 Å². The maximum Gasteiger partial charge on any atom is 0.317 e. The molecule has 3 N–H and O–H groups in total. The first kappa shape index (κ1) is 28.2. The molecule has 12 heteroatoms. The summed E-state index contributed by atoms with van der Waals surface area (Å²) in [6.45, 7) is 3.40. The van der Waals surface area contributed by atoms with E-state index in [2.05, 4.69) is 20.4 Å². The van der Waals surface area contributed by atoms with Crippen molar-refractivity contribution >= 4 is 23.4 Å². The van der Waals surface area contributed by atoms with E-state index >= 15 is 0 Å². The second-order valence-electron chi connectivity index (χ2n) is 9.13. The minimum absolute atomic E-state index is 0.233. The number of halogens is 3. The molecule has 0 radical (unpaired) electrons. The van der Waals surface area contributed by atoms with Crippen LogP contribution in [0.4, 0.5) is 19.4 Å². The molecule has 5 rings (SSSR count). The number of para-hydroxylation sites is 1. The third-order valence-electron chi connectivity index (χ3n) is 6.29. The Bertz CT molecular complexity index is 1390. The van der Waals surface area contributed by atoms with E-state index in [1.807, 2.05) is 30.3 Å². The van der Waals surface area contributed by atoms with Gasteiger partial charge in [0.05, 0.1) is 18.5 Å². The van der Waals surface area contributed by atoms with Gasteiger partial charge >= 0.3 is 6.03 Å². The van der Waals surface area contributed by atoms with Gasteiger partial charge in [-0.1, -0.05) is 29.8 Å². The van der Waals surface area contributed by atoms with Gasteiger partial charge in [0, 0.05) is 45.1 Å². The van der Waals surface area contributed by atoms with Crippen LogP contribution in [0.3, 0.4) is 0 Å². The highest BCUT2D eigenvalue weighted by atomic mass is 35.5. The predicted molar refractivity (Wildman–Crippen MR) is 146 cm³/mol. The fourth-order valence-electron chi connectivity index (χ4n) is 4.45. The molecular formula is C27H30ClF2N7O2. The third kappa shape index (κ3) is 7.20. The largest absolute Gasteiger partial charge is 0.383 e. The van der Waals surface area contributed by atoms with Gasteiger partial charge in [-0.15, -0.1) is 0 Å². The lowest BCUT2D eigenvalue weighted by Crippen LogP contribution is -2.24. The Kier molecular flexibility index (Phi) is 9.28. The van der Waals surface area contributed by atoms with Crippen LogP contribution >= 0.6 is 11.6 Å². The van der Waals surface area contributed by atoms with E-state index in [0.29, 0.717) is 23.1 Å². The summed E-state index contributed by atoms with van der Waals surface area (Å²) in [7, 11) is 3.48. The molecule has 2 amide bonds. The summed E-state index contributed by atoms with van der Waals surface area (Å²) < 4.78 is 34.4. The van der Waals surface area contributed by atoms with Crippen molar-refractivity contribution in [1.29, 1.82) is 0 Å². The number of carbonyl (C=O) groups is 1. The zero-order chi connectivity index (χ0) is 27.9. The molecule has 2 aromatic heterocycles. The van der Waals surface area contributed by atoms with Crippen molar-refractivity contribution in [3.63, 3.8) is 0 Å². The average molecular weight is 558 g/mol. The number of likely N-dealkylation sites (tertiary alicyclic amines) is 1. The van der Waals surface area contributed by atoms with Crippen LogP contribution in [0.25, 0.3) is 16.9 Å². The first-order valence-electron chi connectivity index (χ1n) is 12.3. The molecule has 4 aromatic rings. The maximum atomic E-state index is 13.1. The number of benzene rings is 2. The zero-order valence-electron chi connectivity index (χ0n) is 21.7. The summed E-state index contributed by atoms with van der Waals surface area (Å²) in [5.74, 6) is -0.429. The van der Waals surface area contributed by atoms with E-state index in [0.717, 1.165) is 48.9 Å². The second kappa shape index (κ2) is 12.8. The van der Waals surface area contributed by atoms with Gasteiger partial charge in [0.25, 0.3) is 0 Å². The molecule has 1 fully saturated rings. The minimum atomic E-state index is -0.711. The molecule has 2 aromatic carbocycles. The summed E-state index contributed by atoms with van der Waals surface area (Å²) >= 11 is 6.38. The van der Waals surface area contributed by atoms with Crippen LogP contribution in [0, 0.1) is 11.6 Å². The van der Waals surface area contributed by atoms with Gasteiger partial charge in [-0.05, 0) is 48.7 Å². The Labute approximate surface area is 230 Å². The number of ether oxygens (including phenoxy) is 1. The van der Waals surface area contributed by atoms with Crippen molar-refractivity contribution < 1.29 is 18.3 Å². The normalized spacial score (nSPS) is 15.2. The number of nitrogens with two attached hydrogens (primary N) is 1. The van der Waals surface area contributed by atoms with Crippen molar-refractivity contribution in [3.8, 4) is 16.9 Å². The van der Waals surface area contributed by atoms with Crippen LogP contribution in [0.1, 0.15) is 17.9 Å². The summed E-state index contributed by atoms with van der Waals surface area (Å²) in [4.78, 5) is 13.5. The van der Waals surface area contributed by atoms with Crippen LogP contribution < -0.4 is 11.1 Å². The number of methoxy groups -OCH3 is 1. The molecule has 0 bridgehead atoms. The minimum Gasteiger partial charge on any atom is -0.383 e. The van der Waals surface area contributed by atoms with Gasteiger partial charge in [0.15, 0.2) is 5.82 Å². The number of anilines is 1. The number of hydrogen-bond acceptors (Lipinski definition) is 5. The first-order chi connectivity index (χ1) is 18.7. The van der Waals surface area contributed by atoms with E-state index < -0.39 is 17.7 Å². The van der Waals surface area contributed by atoms with Gasteiger partial charge in [0.2, 0.25) is 0 Å². The number of aromatic nitrogens is 4. The van der Waals surface area contributed by atoms with E-state index in [-0.39, 0.29) is 5.92 Å². The molecule has 1 unspecified atom stereocenters. The molecule has 0 spiro atoms. The molecule has 9 nitrogen and oxygen atoms in total. The number of rotatable bonds is 7. The van der Waals surface area contributed by atoms with Crippen molar-refractivity contribution in [1.82, 2.24) is 24.5 Å². The number of hydrogen-bond donors (Lipinski definition) is 2. The number of carbonyl (C=O) groups excluding carboxylic acids is 1. The highest BCUT2D eigenvalue weighted by molar-refractivity contribution is 6.36. The van der Waals surface area contributed by atoms with Crippen molar-refractivity contribution in [2.45, 2.75) is 12.3 Å². The molecule has 1 atom stereocenters. The quantitative estimate of drug-likeness (QED) is 0.339. The van der Waals surface area contributed by atoms with E-state index in [9.17, 15) is 13.6 Å². The average Bonchev–Trinajstić information content (AvgIpc) is 3.63. The lowest BCUT2D eigenvalue weighted by molar-refractivity contribution is 0.160. The van der Waals surface area contributed by atoms with Gasteiger partial charge in [-0.25, -0.2) is 18.3 Å². The number of primary amides is 1. The zero-order valence-corrected chi connectivity index (χ0v) is 22.4. The molecular weight excluding hydrogens is 528 g/mol. The topological polar surface area (TPSA) is 103 Å². The number of urea groups is 1. The van der Waals surface area contributed by atoms with Crippen LogP contribution in [0.5, 0.6) is 0 Å². The predicted octanol–water partition coefficient (Wildman–Crippen LogP) is 4.82. The Morgan fingerprint density at radius 3 is 2.54 bits per heavy atom. The molecule has 0 saturated carbocycles. The van der Waals surface area contributed by atoms with Crippen molar-refractivity contribution in [2.24, 2.45) is 12.8 Å². The van der Waals surface area contributed by atoms with Crippen LogP contribution in [0.2, 0.25) is 5.02 Å². The molecule has 39 heavy (non-hydrogen) atoms. The lowest BCUT2D eigenvalue weighted by atomic mass is 9.98. The smallest absolute Gasteiger partial charge is 0.317 e. The summed E-state index contributed by atoms with van der Waals surface area (Å²) in [5.41, 5.74) is 8.01. The Morgan fingerprint density at radius 1 is 1.21 bits per heavy atom. The van der Waals surface area contributed by atoms with Gasteiger partial charge < -0.3 is 15.4 Å². The fourth-order valence-corrected chi connectivity index (χ4v) is 4.72. The Hall–Kier alpha value is -3.80. The Morgan fingerprint density at radius 2 is 1.92 bits per heavy atom. The number of amides is 2. The molecule has 0 aliphatic carbocycles. The van der Waals surface area contributed by atoms with E-state index in [1.54, 1.807) is 31.2 Å². The fraction of sp³-hybridized carbons (Fsp3) is 0.296. The highest BCUT2D eigenvalue weighted by Crippen LogP contribution is 2.35. The molecule has 3 heterocycles. The van der Waals surface area contributed by atoms with Crippen molar-refractivity contribution in [3.05, 3.63) is 83.1 Å². The monoisotopic (exact) mass is 557 g/mol. The van der Waals surface area contributed by atoms with Crippen molar-refractivity contribution in [2.75, 3.05) is 38.7 Å². The first-order valence-corrected chi connectivity index (χ1v) is 12.7. The summed E-state index contributed by atoms with van der Waals surface area (Å²) in [5, 5.41) is 11.4. The van der Waals surface area contributed by atoms with Crippen LogP contribution in [-0.4, -0.2) is 63.8 Å². The number of aryl methyl sites for hydroxylation is 1. The molecule has 1 aliphatic heterocycles. The van der Waals surface area contributed by atoms with Crippen LogP contribution in [0.15, 0.2) is 60.9 Å². The second-order valence-corrected chi connectivity index (χ2v) is 9.51. The third-order valence-corrected chi connectivity index (χ3v) is 6.65. The lowest BCUT2D eigenvalue weighted by Gasteiger charge is -2.15. The highest BCUT2D eigenvalue weighted by Gasteiger charge is 2.24. The van der Waals surface area contributed by atoms with E-state index in [1.165, 1.54) is 16.8 Å². The SMILES string of the molecule is COCCN1CCC(c2cc(F)cc(F)c2)C1.Cn1cc(-c2nn(-c3ccccc3)c(NC(N)=O)c2Cl)cn1. The maximum absolute atomic E-state index is 13.1. The molecule has 1 saturated heterocycles. The molecule has 206 valence electrons. The number of nitrogens with one attached hydrogen (secondary N) is 1. The van der Waals surface area contributed by atoms with Gasteiger partial charge in [0.1, 0.15) is 22.4 Å².